The molecule has 0 unspecified atom stereocenters. The second-order valence-corrected chi connectivity index (χ2v) is 6.67. The molecule has 0 fully saturated rings. The first-order valence-corrected chi connectivity index (χ1v) is 8.99. The summed E-state index contributed by atoms with van der Waals surface area (Å²) in [4.78, 5) is 27.3. The third kappa shape index (κ3) is 4.32. The highest BCUT2D eigenvalue weighted by molar-refractivity contribution is 7.98. The Kier molecular flexibility index (Phi) is 5.51. The number of anilines is 1. The molecule has 27 heavy (non-hydrogen) atoms. The van der Waals surface area contributed by atoms with Crippen LogP contribution < -0.4 is 5.32 Å². The number of aromatic nitrogens is 2. The Labute approximate surface area is 159 Å². The van der Waals surface area contributed by atoms with Crippen LogP contribution >= 0.6 is 11.8 Å². The van der Waals surface area contributed by atoms with Crippen molar-refractivity contribution in [2.24, 2.45) is 0 Å². The molecule has 0 aliphatic heterocycles. The van der Waals surface area contributed by atoms with E-state index >= 15 is 0 Å². The van der Waals surface area contributed by atoms with Gasteiger partial charge in [-0.25, -0.2) is 4.98 Å². The predicted molar refractivity (Wildman–Crippen MR) is 101 cm³/mol. The minimum absolute atomic E-state index is 0.0907. The van der Waals surface area contributed by atoms with Crippen molar-refractivity contribution in [3.8, 4) is 0 Å². The van der Waals surface area contributed by atoms with E-state index in [2.05, 4.69) is 15.5 Å². The van der Waals surface area contributed by atoms with Crippen LogP contribution in [-0.4, -0.2) is 21.0 Å². The Bertz CT molecular complexity index is 983. The summed E-state index contributed by atoms with van der Waals surface area (Å²) in [5.41, 5.74) is 2.42. The van der Waals surface area contributed by atoms with E-state index in [1.807, 2.05) is 13.8 Å². The van der Waals surface area contributed by atoms with Crippen LogP contribution in [0.4, 0.5) is 11.4 Å². The van der Waals surface area contributed by atoms with Crippen molar-refractivity contribution in [2.75, 3.05) is 5.32 Å². The molecule has 2 aromatic heterocycles. The predicted octanol–water partition coefficient (Wildman–Crippen LogP) is 4.14. The fourth-order valence-corrected chi connectivity index (χ4v) is 3.57. The summed E-state index contributed by atoms with van der Waals surface area (Å²) in [6.07, 6.45) is 1.61. The molecule has 0 radical (unpaired) electrons. The van der Waals surface area contributed by atoms with Gasteiger partial charge in [0.05, 0.1) is 16.2 Å². The first-order valence-electron chi connectivity index (χ1n) is 8.01. The van der Waals surface area contributed by atoms with Crippen LogP contribution in [0.15, 0.2) is 52.1 Å². The van der Waals surface area contributed by atoms with Gasteiger partial charge in [-0.15, -0.1) is 11.8 Å². The lowest BCUT2D eigenvalue weighted by Crippen LogP contribution is -2.13. The Morgan fingerprint density at radius 3 is 2.81 bits per heavy atom. The molecule has 0 aliphatic carbocycles. The van der Waals surface area contributed by atoms with Gasteiger partial charge in [-0.2, -0.15) is 0 Å². The molecule has 9 heteroatoms. The zero-order valence-corrected chi connectivity index (χ0v) is 15.4. The van der Waals surface area contributed by atoms with Gasteiger partial charge in [0.15, 0.2) is 0 Å². The van der Waals surface area contributed by atoms with Crippen LogP contribution in [0.2, 0.25) is 0 Å². The molecule has 0 saturated carbocycles. The maximum Gasteiger partial charge on any atom is 0.271 e. The highest BCUT2D eigenvalue weighted by Crippen LogP contribution is 2.28. The van der Waals surface area contributed by atoms with Crippen LogP contribution in [0.3, 0.4) is 0 Å². The zero-order chi connectivity index (χ0) is 19.4. The summed E-state index contributed by atoms with van der Waals surface area (Å²) in [6, 6.07) is 9.12. The number of hydrogen-bond acceptors (Lipinski definition) is 7. The Balaban J connectivity index is 1.78. The number of benzene rings is 1. The lowest BCUT2D eigenvalue weighted by Gasteiger charge is -2.09. The fraction of sp³-hybridized carbons (Fsp3) is 0.167. The van der Waals surface area contributed by atoms with E-state index in [4.69, 9.17) is 4.52 Å². The number of nitro groups is 1. The second-order valence-electron chi connectivity index (χ2n) is 5.71. The van der Waals surface area contributed by atoms with Crippen molar-refractivity contribution < 1.29 is 14.2 Å². The number of hydrogen-bond donors (Lipinski definition) is 1. The maximum atomic E-state index is 12.6. The average molecular weight is 384 g/mol. The quantitative estimate of drug-likeness (QED) is 0.386. The van der Waals surface area contributed by atoms with Gasteiger partial charge in [0.2, 0.25) is 0 Å². The molecule has 1 aromatic carbocycles. The number of nitro benzene ring substituents is 1. The number of pyridine rings is 1. The Morgan fingerprint density at radius 2 is 2.11 bits per heavy atom. The fourth-order valence-electron chi connectivity index (χ4n) is 2.42. The van der Waals surface area contributed by atoms with Crippen molar-refractivity contribution in [1.82, 2.24) is 10.1 Å². The van der Waals surface area contributed by atoms with Crippen LogP contribution in [0.25, 0.3) is 0 Å². The van der Waals surface area contributed by atoms with E-state index in [1.165, 1.54) is 30.0 Å². The van der Waals surface area contributed by atoms with Crippen LogP contribution in [0.1, 0.15) is 27.4 Å². The number of nitrogens with zero attached hydrogens (tertiary/aromatic N) is 3. The number of carbonyl (C=O) groups is 1. The molecular weight excluding hydrogens is 368 g/mol. The normalized spacial score (nSPS) is 10.6. The van der Waals surface area contributed by atoms with Crippen LogP contribution in [0, 0.1) is 24.0 Å². The van der Waals surface area contributed by atoms with Gasteiger partial charge < -0.3 is 9.84 Å². The molecule has 3 aromatic rings. The summed E-state index contributed by atoms with van der Waals surface area (Å²) in [6.45, 7) is 3.70. The minimum atomic E-state index is -0.509. The molecule has 0 atom stereocenters. The number of non-ortho nitro benzene ring substituents is 1. The van der Waals surface area contributed by atoms with Crippen molar-refractivity contribution in [2.45, 2.75) is 24.6 Å². The highest BCUT2D eigenvalue weighted by Gasteiger charge is 2.16. The molecule has 2 heterocycles. The summed E-state index contributed by atoms with van der Waals surface area (Å²) in [5.74, 6) is 0.915. The van der Waals surface area contributed by atoms with E-state index in [9.17, 15) is 14.9 Å². The molecule has 0 aliphatic rings. The third-order valence-electron chi connectivity index (χ3n) is 3.87. The number of nitrogens with one attached hydrogen (secondary N) is 1. The van der Waals surface area contributed by atoms with E-state index < -0.39 is 4.92 Å². The average Bonchev–Trinajstić information content (AvgIpc) is 2.98. The van der Waals surface area contributed by atoms with Gasteiger partial charge in [-0.3, -0.25) is 14.9 Å². The molecule has 3 rings (SSSR count). The Morgan fingerprint density at radius 1 is 1.30 bits per heavy atom. The topological polar surface area (TPSA) is 111 Å². The maximum absolute atomic E-state index is 12.6. The number of rotatable bonds is 6. The molecule has 8 nitrogen and oxygen atoms in total. The molecule has 1 amide bonds. The molecule has 0 saturated heterocycles. The molecule has 0 bridgehead atoms. The van der Waals surface area contributed by atoms with Crippen LogP contribution in [-0.2, 0) is 5.75 Å². The van der Waals surface area contributed by atoms with Gasteiger partial charge in [0, 0.05) is 35.3 Å². The lowest BCUT2D eigenvalue weighted by atomic mass is 10.2. The van der Waals surface area contributed by atoms with Gasteiger partial charge >= 0.3 is 0 Å². The third-order valence-corrected chi connectivity index (χ3v) is 4.90. The first kappa shape index (κ1) is 18.6. The summed E-state index contributed by atoms with van der Waals surface area (Å²) in [7, 11) is 0. The van der Waals surface area contributed by atoms with E-state index in [0.29, 0.717) is 22.0 Å². The van der Waals surface area contributed by atoms with Crippen molar-refractivity contribution >= 4 is 29.0 Å². The van der Waals surface area contributed by atoms with Gasteiger partial charge in [0.1, 0.15) is 10.8 Å². The molecule has 1 N–H and O–H groups in total. The Hall–Kier alpha value is -3.20. The molecule has 0 spiro atoms. The van der Waals surface area contributed by atoms with Crippen molar-refractivity contribution in [3.05, 3.63) is 75.3 Å². The van der Waals surface area contributed by atoms with Gasteiger partial charge in [-0.05, 0) is 32.0 Å². The van der Waals surface area contributed by atoms with Gasteiger partial charge in [0.25, 0.3) is 11.6 Å². The SMILES string of the molecule is Cc1noc(C)c1CSc1ncccc1C(=O)Nc1cccc([N+](=O)[O-])c1. The molecule has 138 valence electrons. The van der Waals surface area contributed by atoms with Gasteiger partial charge in [-0.1, -0.05) is 11.2 Å². The number of carbonyl (C=O) groups excluding carboxylic acids is 1. The van der Waals surface area contributed by atoms with E-state index in [1.54, 1.807) is 24.4 Å². The largest absolute Gasteiger partial charge is 0.361 e. The highest BCUT2D eigenvalue weighted by atomic mass is 32.2. The zero-order valence-electron chi connectivity index (χ0n) is 14.6. The second kappa shape index (κ2) is 8.00. The lowest BCUT2D eigenvalue weighted by molar-refractivity contribution is -0.384. The monoisotopic (exact) mass is 384 g/mol. The summed E-state index contributed by atoms with van der Waals surface area (Å²) >= 11 is 1.40. The number of thioether (sulfide) groups is 1. The summed E-state index contributed by atoms with van der Waals surface area (Å²) < 4.78 is 5.15. The minimum Gasteiger partial charge on any atom is -0.361 e. The van der Waals surface area contributed by atoms with Crippen molar-refractivity contribution in [1.29, 1.82) is 0 Å². The van der Waals surface area contributed by atoms with E-state index in [-0.39, 0.29) is 11.6 Å². The first-order chi connectivity index (χ1) is 13.0. The number of aryl methyl sites for hydroxylation is 2. The smallest absolute Gasteiger partial charge is 0.271 e. The van der Waals surface area contributed by atoms with Crippen molar-refractivity contribution in [3.63, 3.8) is 0 Å². The van der Waals surface area contributed by atoms with Crippen LogP contribution in [0.5, 0.6) is 0 Å². The summed E-state index contributed by atoms with van der Waals surface area (Å²) in [5, 5.41) is 18.0. The number of amides is 1. The molecular formula is C18H16N4O4S. The van der Waals surface area contributed by atoms with E-state index in [0.717, 1.165) is 17.0 Å². The standard InChI is InChI=1S/C18H16N4O4S/c1-11-16(12(2)26-21-11)10-27-18-15(7-4-8-19-18)17(23)20-13-5-3-6-14(9-13)22(24)25/h3-9H,10H2,1-2H3,(H,20,23).